The van der Waals surface area contributed by atoms with Crippen molar-refractivity contribution in [2.24, 2.45) is 62.1 Å². The van der Waals surface area contributed by atoms with E-state index in [1.807, 2.05) is 0 Å². The SMILES string of the molecule is C=C(C)[C@@H]1CC[C@]2(CC(=O)NC3CC4CCC3N4C)CC[C@]3(C)[C@H](CC[C@@H]4[C@@]5(C)CC[C@H](OC(=O)CC(C)(C)C(=O)O)C(C)(C)[C@@H]5CC[C@]43C)[C@@H]12. The third-order valence-electron chi connectivity index (χ3n) is 18.4. The lowest BCUT2D eigenvalue weighted by Gasteiger charge is -2.73. The minimum atomic E-state index is -1.14. The Morgan fingerprint density at radius 3 is 2.24 bits per heavy atom. The number of amides is 1. The van der Waals surface area contributed by atoms with Gasteiger partial charge in [0, 0.05) is 30.0 Å². The number of ether oxygens (including phenoxy) is 1. The van der Waals surface area contributed by atoms with E-state index in [-0.39, 0.29) is 45.6 Å². The number of esters is 1. The van der Waals surface area contributed by atoms with E-state index in [1.165, 1.54) is 50.5 Å². The van der Waals surface area contributed by atoms with Crippen LogP contribution in [0.25, 0.3) is 0 Å². The first kappa shape index (κ1) is 37.4. The molecule has 7 aliphatic rings. The standard InChI is InChI=1S/C44H70N2O5/c1-26(2)28-15-20-44(24-35(47)45-30-23-27-11-13-31(30)46(27)10)22-21-42(8)29(37(28)44)12-14-33-41(7)18-17-34(51-36(48)25-39(3,4)38(49)50)40(5,6)32(41)16-19-43(33,42)9/h27-34,37H,1,11-25H2,2-10H3,(H,45,47)(H,49,50)/t27?,28-,29+,30?,31?,32-,33+,34-,37+,41-,42+,43+,44+/m0/s1. The molecule has 7 rings (SSSR count). The second kappa shape index (κ2) is 12.3. The van der Waals surface area contributed by atoms with Crippen LogP contribution < -0.4 is 5.32 Å². The summed E-state index contributed by atoms with van der Waals surface area (Å²) in [5, 5.41) is 13.2. The van der Waals surface area contributed by atoms with E-state index in [4.69, 9.17) is 4.74 Å². The number of hydrogen-bond donors (Lipinski definition) is 2. The molecule has 2 heterocycles. The van der Waals surface area contributed by atoms with Crippen molar-refractivity contribution in [2.75, 3.05) is 7.05 Å². The van der Waals surface area contributed by atoms with Crippen molar-refractivity contribution in [3.63, 3.8) is 0 Å². The van der Waals surface area contributed by atoms with E-state index in [9.17, 15) is 19.5 Å². The lowest BCUT2D eigenvalue weighted by molar-refractivity contribution is -0.250. The lowest BCUT2D eigenvalue weighted by atomic mass is 9.32. The third-order valence-corrected chi connectivity index (χ3v) is 18.4. The molecule has 3 unspecified atom stereocenters. The first-order valence-electron chi connectivity index (χ1n) is 20.8. The number of carboxylic acid groups (broad SMARTS) is 1. The third kappa shape index (κ3) is 5.52. The molecule has 2 N–H and O–H groups in total. The van der Waals surface area contributed by atoms with Crippen molar-refractivity contribution in [1.82, 2.24) is 10.2 Å². The topological polar surface area (TPSA) is 95.9 Å². The molecule has 5 saturated carbocycles. The number of carbonyl (C=O) groups is 3. The van der Waals surface area contributed by atoms with E-state index in [0.717, 1.165) is 38.5 Å². The second-order valence-electron chi connectivity index (χ2n) is 21.3. The highest BCUT2D eigenvalue weighted by Gasteiger charge is 2.71. The molecule has 0 spiro atoms. The summed E-state index contributed by atoms with van der Waals surface area (Å²) in [5.74, 6) is 1.60. The van der Waals surface area contributed by atoms with Gasteiger partial charge in [0.1, 0.15) is 6.10 Å². The summed E-state index contributed by atoms with van der Waals surface area (Å²) in [6, 6.07) is 1.46. The van der Waals surface area contributed by atoms with Crippen LogP contribution in [-0.4, -0.2) is 59.1 Å². The van der Waals surface area contributed by atoms with E-state index in [0.29, 0.717) is 60.0 Å². The Morgan fingerprint density at radius 1 is 0.882 bits per heavy atom. The van der Waals surface area contributed by atoms with Crippen molar-refractivity contribution in [1.29, 1.82) is 0 Å². The number of rotatable bonds is 8. The molecule has 286 valence electrons. The normalized spacial score (nSPS) is 47.0. The maximum absolute atomic E-state index is 14.0. The van der Waals surface area contributed by atoms with Crippen LogP contribution in [0.3, 0.4) is 0 Å². The molecule has 2 saturated heterocycles. The van der Waals surface area contributed by atoms with Crippen molar-refractivity contribution < 1.29 is 24.2 Å². The molecule has 0 radical (unpaired) electrons. The number of carbonyl (C=O) groups excluding carboxylic acids is 2. The molecule has 5 aliphatic carbocycles. The fourth-order valence-corrected chi connectivity index (χ4v) is 15.4. The van der Waals surface area contributed by atoms with Gasteiger partial charge < -0.3 is 15.2 Å². The van der Waals surface area contributed by atoms with Crippen LogP contribution in [0.4, 0.5) is 0 Å². The molecule has 7 heteroatoms. The Kier molecular flexibility index (Phi) is 9.04. The number of likely N-dealkylation sites (N-methyl/N-ethyl adjacent to an activating group) is 1. The summed E-state index contributed by atoms with van der Waals surface area (Å²) < 4.78 is 6.19. The van der Waals surface area contributed by atoms with E-state index >= 15 is 0 Å². The summed E-state index contributed by atoms with van der Waals surface area (Å²) in [5.41, 5.74) is 0.637. The largest absolute Gasteiger partial charge is 0.481 e. The number of nitrogens with zero attached hydrogens (tertiary/aromatic N) is 1. The maximum Gasteiger partial charge on any atom is 0.309 e. The van der Waals surface area contributed by atoms with Crippen LogP contribution in [0, 0.1) is 62.1 Å². The fraction of sp³-hybridized carbons (Fsp3) is 0.886. The molecule has 1 amide bonds. The average molecular weight is 707 g/mol. The molecule has 13 atom stereocenters. The highest BCUT2D eigenvalue weighted by Crippen LogP contribution is 2.78. The van der Waals surface area contributed by atoms with Crippen LogP contribution in [0.15, 0.2) is 12.2 Å². The minimum absolute atomic E-state index is 0.0742. The van der Waals surface area contributed by atoms with Crippen LogP contribution in [0.1, 0.15) is 152 Å². The summed E-state index contributed by atoms with van der Waals surface area (Å²) in [6.07, 6.45) is 15.3. The first-order valence-corrected chi connectivity index (χ1v) is 20.8. The lowest BCUT2D eigenvalue weighted by Crippen LogP contribution is -2.67. The van der Waals surface area contributed by atoms with Gasteiger partial charge in [-0.1, -0.05) is 46.8 Å². The number of fused-ring (bicyclic) bond motifs is 9. The van der Waals surface area contributed by atoms with Crippen molar-refractivity contribution >= 4 is 17.8 Å². The molecule has 2 aliphatic heterocycles. The van der Waals surface area contributed by atoms with Gasteiger partial charge >= 0.3 is 11.9 Å². The number of carboxylic acids is 1. The van der Waals surface area contributed by atoms with Crippen molar-refractivity contribution in [3.05, 3.63) is 12.2 Å². The number of hydrogen-bond acceptors (Lipinski definition) is 5. The van der Waals surface area contributed by atoms with Crippen LogP contribution >= 0.6 is 0 Å². The molecule has 0 aromatic rings. The molecular weight excluding hydrogens is 636 g/mol. The molecule has 51 heavy (non-hydrogen) atoms. The van der Waals surface area contributed by atoms with Gasteiger partial charge in [0.2, 0.25) is 5.91 Å². The maximum atomic E-state index is 14.0. The van der Waals surface area contributed by atoms with E-state index < -0.39 is 11.4 Å². The summed E-state index contributed by atoms with van der Waals surface area (Å²) in [7, 11) is 2.25. The van der Waals surface area contributed by atoms with Gasteiger partial charge in [0.15, 0.2) is 0 Å². The van der Waals surface area contributed by atoms with Crippen molar-refractivity contribution in [3.8, 4) is 0 Å². The Bertz CT molecular complexity index is 1450. The van der Waals surface area contributed by atoms with Crippen LogP contribution in [0.2, 0.25) is 0 Å². The van der Waals surface area contributed by atoms with Crippen LogP contribution in [-0.2, 0) is 19.1 Å². The molecule has 7 fully saturated rings. The molecule has 7 nitrogen and oxygen atoms in total. The molecule has 2 bridgehead atoms. The predicted molar refractivity (Wildman–Crippen MR) is 201 cm³/mol. The molecule has 0 aromatic carbocycles. The Balaban J connectivity index is 1.11. The van der Waals surface area contributed by atoms with Gasteiger partial charge in [-0.2, -0.15) is 0 Å². The summed E-state index contributed by atoms with van der Waals surface area (Å²) >= 11 is 0. The molecular formula is C44H70N2O5. The predicted octanol–water partition coefficient (Wildman–Crippen LogP) is 8.80. The Labute approximate surface area is 308 Å². The van der Waals surface area contributed by atoms with Crippen LogP contribution in [0.5, 0.6) is 0 Å². The highest BCUT2D eigenvalue weighted by atomic mass is 16.5. The molecule has 0 aromatic heterocycles. The van der Waals surface area contributed by atoms with Gasteiger partial charge in [-0.15, -0.1) is 0 Å². The van der Waals surface area contributed by atoms with E-state index in [1.54, 1.807) is 13.8 Å². The zero-order valence-corrected chi connectivity index (χ0v) is 33.5. The Hall–Kier alpha value is -1.89. The van der Waals surface area contributed by atoms with Gasteiger partial charge in [-0.3, -0.25) is 19.3 Å². The van der Waals surface area contributed by atoms with Gasteiger partial charge in [-0.05, 0) is 163 Å². The smallest absolute Gasteiger partial charge is 0.309 e. The summed E-state index contributed by atoms with van der Waals surface area (Å²) in [4.78, 5) is 41.4. The van der Waals surface area contributed by atoms with Gasteiger partial charge in [0.05, 0.1) is 11.8 Å². The second-order valence-corrected chi connectivity index (χ2v) is 21.3. The van der Waals surface area contributed by atoms with E-state index in [2.05, 4.69) is 65.4 Å². The number of allylic oxidation sites excluding steroid dienone is 1. The zero-order valence-electron chi connectivity index (χ0n) is 33.5. The minimum Gasteiger partial charge on any atom is -0.481 e. The Morgan fingerprint density at radius 2 is 1.61 bits per heavy atom. The monoisotopic (exact) mass is 707 g/mol. The quantitative estimate of drug-likeness (QED) is 0.194. The van der Waals surface area contributed by atoms with Gasteiger partial charge in [-0.25, -0.2) is 0 Å². The van der Waals surface area contributed by atoms with Gasteiger partial charge in [0.25, 0.3) is 0 Å². The highest BCUT2D eigenvalue weighted by molar-refractivity contribution is 5.81. The fourth-order valence-electron chi connectivity index (χ4n) is 15.4. The first-order chi connectivity index (χ1) is 23.7. The average Bonchev–Trinajstić information content (AvgIpc) is 3.68. The zero-order chi connectivity index (χ0) is 37.1. The summed E-state index contributed by atoms with van der Waals surface area (Å²) in [6.45, 7) is 22.6. The van der Waals surface area contributed by atoms with Crippen molar-refractivity contribution in [2.45, 2.75) is 176 Å². The number of aliphatic carboxylic acids is 1. The number of nitrogens with one attached hydrogen (secondary N) is 1.